The molecule has 2 aromatic heterocycles. The van der Waals surface area contributed by atoms with Gasteiger partial charge in [-0.25, -0.2) is 8.91 Å². The SMILES string of the molecule is CC(C)(C)[Si](C)(C)OCCN1CCC(Oc2ccn3ncc(-c4cc(N)ccc4F)c3n2)CC1. The van der Waals surface area contributed by atoms with E-state index in [1.54, 1.807) is 35.1 Å². The fourth-order valence-electron chi connectivity index (χ4n) is 3.93. The van der Waals surface area contributed by atoms with Crippen molar-refractivity contribution < 1.29 is 13.6 Å². The minimum atomic E-state index is -1.70. The van der Waals surface area contributed by atoms with Crippen molar-refractivity contribution in [2.45, 2.75) is 57.8 Å². The van der Waals surface area contributed by atoms with Crippen molar-refractivity contribution in [2.75, 3.05) is 32.0 Å². The van der Waals surface area contributed by atoms with Crippen molar-refractivity contribution in [1.82, 2.24) is 19.5 Å². The van der Waals surface area contributed by atoms with Gasteiger partial charge < -0.3 is 19.8 Å². The molecule has 0 unspecified atom stereocenters. The number of fused-ring (bicyclic) bond motifs is 1. The van der Waals surface area contributed by atoms with Gasteiger partial charge >= 0.3 is 0 Å². The Morgan fingerprint density at radius 2 is 1.88 bits per heavy atom. The zero-order chi connectivity index (χ0) is 24.5. The molecule has 9 heteroatoms. The molecule has 184 valence electrons. The molecule has 1 aliphatic rings. The average Bonchev–Trinajstić information content (AvgIpc) is 3.19. The molecule has 1 aliphatic heterocycles. The number of nitrogens with zero attached hydrogens (tertiary/aromatic N) is 4. The summed E-state index contributed by atoms with van der Waals surface area (Å²) in [5.74, 6) is 0.167. The summed E-state index contributed by atoms with van der Waals surface area (Å²) < 4.78 is 28.6. The van der Waals surface area contributed by atoms with Gasteiger partial charge in [0.15, 0.2) is 14.0 Å². The smallest absolute Gasteiger partial charge is 0.217 e. The number of hydrogen-bond donors (Lipinski definition) is 1. The van der Waals surface area contributed by atoms with Crippen LogP contribution in [0.15, 0.2) is 36.7 Å². The lowest BCUT2D eigenvalue weighted by atomic mass is 10.1. The van der Waals surface area contributed by atoms with Gasteiger partial charge in [0.1, 0.15) is 11.9 Å². The molecule has 0 aliphatic carbocycles. The number of hydrogen-bond acceptors (Lipinski definition) is 6. The van der Waals surface area contributed by atoms with Gasteiger partial charge in [-0.05, 0) is 49.2 Å². The van der Waals surface area contributed by atoms with E-state index < -0.39 is 8.32 Å². The molecular weight excluding hydrogens is 449 g/mol. The fourth-order valence-corrected chi connectivity index (χ4v) is 4.96. The first-order valence-corrected chi connectivity index (χ1v) is 14.9. The third-order valence-electron chi connectivity index (χ3n) is 7.12. The standard InChI is InChI=1S/C25H36FN5O2Si/c1-25(2,3)34(4,5)32-15-14-30-11-8-19(9-12-30)33-23-10-13-31-24(29-23)21(17-28-31)20-16-18(27)6-7-22(20)26/h6-7,10,13,16-17,19H,8-9,11-12,14-15,27H2,1-5H3. The number of nitrogens with two attached hydrogens (primary N) is 1. The highest BCUT2D eigenvalue weighted by Gasteiger charge is 2.37. The molecule has 1 fully saturated rings. The second-order valence-corrected chi connectivity index (χ2v) is 15.4. The van der Waals surface area contributed by atoms with Gasteiger partial charge in [-0.15, -0.1) is 0 Å². The molecule has 34 heavy (non-hydrogen) atoms. The third-order valence-corrected chi connectivity index (χ3v) is 11.7. The van der Waals surface area contributed by atoms with Crippen molar-refractivity contribution >= 4 is 19.7 Å². The van der Waals surface area contributed by atoms with Crippen molar-refractivity contribution in [2.24, 2.45) is 0 Å². The molecule has 3 heterocycles. The number of piperidine rings is 1. The number of aromatic nitrogens is 3. The van der Waals surface area contributed by atoms with Crippen LogP contribution in [0.2, 0.25) is 18.1 Å². The van der Waals surface area contributed by atoms with Crippen LogP contribution in [-0.4, -0.2) is 60.2 Å². The summed E-state index contributed by atoms with van der Waals surface area (Å²) in [5, 5.41) is 4.53. The van der Waals surface area contributed by atoms with Crippen LogP contribution in [0, 0.1) is 5.82 Å². The van der Waals surface area contributed by atoms with Crippen LogP contribution in [-0.2, 0) is 4.43 Å². The lowest BCUT2D eigenvalue weighted by Gasteiger charge is -2.37. The Labute approximate surface area is 202 Å². The van der Waals surface area contributed by atoms with Gasteiger partial charge in [0.05, 0.1) is 6.20 Å². The lowest BCUT2D eigenvalue weighted by Crippen LogP contribution is -2.44. The number of anilines is 1. The maximum absolute atomic E-state index is 14.4. The Hall–Kier alpha value is -2.49. The maximum atomic E-state index is 14.4. The minimum absolute atomic E-state index is 0.1000. The van der Waals surface area contributed by atoms with Crippen LogP contribution >= 0.6 is 0 Å². The van der Waals surface area contributed by atoms with Crippen LogP contribution in [0.4, 0.5) is 10.1 Å². The number of rotatable bonds is 7. The molecule has 0 radical (unpaired) electrons. The Morgan fingerprint density at radius 3 is 2.59 bits per heavy atom. The van der Waals surface area contributed by atoms with E-state index in [0.29, 0.717) is 28.3 Å². The van der Waals surface area contributed by atoms with Gasteiger partial charge in [0.2, 0.25) is 5.88 Å². The number of nitrogen functional groups attached to an aromatic ring is 1. The summed E-state index contributed by atoms with van der Waals surface area (Å²) in [6, 6.07) is 6.31. The molecule has 0 saturated carbocycles. The molecule has 0 bridgehead atoms. The van der Waals surface area contributed by atoms with Crippen LogP contribution < -0.4 is 10.5 Å². The lowest BCUT2D eigenvalue weighted by molar-refractivity contribution is 0.0870. The van der Waals surface area contributed by atoms with Gasteiger partial charge in [-0.1, -0.05) is 20.8 Å². The van der Waals surface area contributed by atoms with Crippen LogP contribution in [0.5, 0.6) is 5.88 Å². The minimum Gasteiger partial charge on any atom is -0.474 e. The molecule has 3 aromatic rings. The van der Waals surface area contributed by atoms with E-state index in [-0.39, 0.29) is 17.0 Å². The van der Waals surface area contributed by atoms with Crippen LogP contribution in [0.3, 0.4) is 0 Å². The Bertz CT molecular complexity index is 1140. The van der Waals surface area contributed by atoms with E-state index in [1.807, 2.05) is 0 Å². The van der Waals surface area contributed by atoms with Gasteiger partial charge in [-0.3, -0.25) is 0 Å². The van der Waals surface area contributed by atoms with E-state index in [2.05, 4.69) is 48.8 Å². The predicted molar refractivity (Wildman–Crippen MR) is 136 cm³/mol. The van der Waals surface area contributed by atoms with Crippen LogP contribution in [0.25, 0.3) is 16.8 Å². The first-order chi connectivity index (χ1) is 16.0. The number of ether oxygens (including phenoxy) is 1. The monoisotopic (exact) mass is 485 g/mol. The molecule has 0 amide bonds. The number of benzene rings is 1. The number of likely N-dealkylation sites (tertiary alicyclic amines) is 1. The first-order valence-electron chi connectivity index (χ1n) is 12.0. The Balaban J connectivity index is 1.35. The molecule has 4 rings (SSSR count). The molecule has 1 saturated heterocycles. The van der Waals surface area contributed by atoms with E-state index in [0.717, 1.165) is 39.1 Å². The molecule has 2 N–H and O–H groups in total. The zero-order valence-corrected chi connectivity index (χ0v) is 21.8. The topological polar surface area (TPSA) is 77.9 Å². The van der Waals surface area contributed by atoms with Gasteiger partial charge in [0.25, 0.3) is 0 Å². The van der Waals surface area contributed by atoms with Crippen molar-refractivity contribution in [3.8, 4) is 17.0 Å². The summed E-state index contributed by atoms with van der Waals surface area (Å²) in [5.41, 5.74) is 7.87. The zero-order valence-electron chi connectivity index (χ0n) is 20.8. The third kappa shape index (κ3) is 5.42. The Morgan fingerprint density at radius 1 is 1.15 bits per heavy atom. The van der Waals surface area contributed by atoms with Crippen LogP contribution in [0.1, 0.15) is 33.6 Å². The molecule has 1 aromatic carbocycles. The normalized spacial score (nSPS) is 16.3. The van der Waals surface area contributed by atoms with E-state index in [4.69, 9.17) is 14.9 Å². The number of halogens is 1. The second-order valence-electron chi connectivity index (χ2n) is 10.6. The fraction of sp³-hybridized carbons (Fsp3) is 0.520. The van der Waals surface area contributed by atoms with Crippen molar-refractivity contribution in [3.63, 3.8) is 0 Å². The van der Waals surface area contributed by atoms with E-state index in [9.17, 15) is 4.39 Å². The van der Waals surface area contributed by atoms with E-state index >= 15 is 0 Å². The summed E-state index contributed by atoms with van der Waals surface area (Å²) >= 11 is 0. The highest BCUT2D eigenvalue weighted by molar-refractivity contribution is 6.74. The summed E-state index contributed by atoms with van der Waals surface area (Å²) in [6.45, 7) is 15.1. The Kier molecular flexibility index (Phi) is 6.98. The molecular formula is C25H36FN5O2Si. The van der Waals surface area contributed by atoms with E-state index in [1.165, 1.54) is 6.07 Å². The maximum Gasteiger partial charge on any atom is 0.217 e. The van der Waals surface area contributed by atoms with Crippen molar-refractivity contribution in [3.05, 3.63) is 42.5 Å². The quantitative estimate of drug-likeness (QED) is 0.376. The summed E-state index contributed by atoms with van der Waals surface area (Å²) in [7, 11) is -1.70. The highest BCUT2D eigenvalue weighted by Crippen LogP contribution is 2.36. The highest BCUT2D eigenvalue weighted by atomic mass is 28.4. The molecule has 7 nitrogen and oxygen atoms in total. The second kappa shape index (κ2) is 9.63. The predicted octanol–water partition coefficient (Wildman–Crippen LogP) is 4.98. The van der Waals surface area contributed by atoms with Crippen molar-refractivity contribution in [1.29, 1.82) is 0 Å². The average molecular weight is 486 g/mol. The summed E-state index contributed by atoms with van der Waals surface area (Å²) in [6.07, 6.45) is 5.36. The first kappa shape index (κ1) is 24.6. The van der Waals surface area contributed by atoms with Gasteiger partial charge in [0, 0.05) is 55.3 Å². The largest absolute Gasteiger partial charge is 0.474 e. The summed E-state index contributed by atoms with van der Waals surface area (Å²) in [4.78, 5) is 7.08. The molecule has 0 atom stereocenters. The van der Waals surface area contributed by atoms with Gasteiger partial charge in [-0.2, -0.15) is 10.1 Å². The molecule has 0 spiro atoms.